The molecule has 142 valence electrons. The summed E-state index contributed by atoms with van der Waals surface area (Å²) in [5.41, 5.74) is 2.23. The van der Waals surface area contributed by atoms with Gasteiger partial charge in [-0.2, -0.15) is 0 Å². The van der Waals surface area contributed by atoms with Crippen LogP contribution in [0.3, 0.4) is 0 Å². The molecule has 2 aromatic rings. The third-order valence-electron chi connectivity index (χ3n) is 6.37. The third-order valence-corrected chi connectivity index (χ3v) is 6.37. The zero-order chi connectivity index (χ0) is 18.1. The van der Waals surface area contributed by atoms with E-state index < -0.39 is 0 Å². The Kier molecular flexibility index (Phi) is 4.52. The molecule has 0 spiro atoms. The second kappa shape index (κ2) is 7.16. The first-order valence-corrected chi connectivity index (χ1v) is 10.5. The highest BCUT2D eigenvalue weighted by Gasteiger charge is 2.51. The van der Waals surface area contributed by atoms with Gasteiger partial charge in [0.15, 0.2) is 11.4 Å². The van der Waals surface area contributed by atoms with Crippen LogP contribution in [0.5, 0.6) is 11.6 Å². The normalized spacial score (nSPS) is 27.8. The summed E-state index contributed by atoms with van der Waals surface area (Å²) in [5, 5.41) is 0. The summed E-state index contributed by atoms with van der Waals surface area (Å²) >= 11 is 0. The lowest BCUT2D eigenvalue weighted by molar-refractivity contribution is -0.0554. The van der Waals surface area contributed by atoms with Crippen LogP contribution in [0.2, 0.25) is 0 Å². The third kappa shape index (κ3) is 3.20. The van der Waals surface area contributed by atoms with Crippen LogP contribution in [0, 0.1) is 0 Å². The lowest BCUT2D eigenvalue weighted by Crippen LogP contribution is -2.46. The molecule has 1 saturated carbocycles. The van der Waals surface area contributed by atoms with Crippen molar-refractivity contribution in [1.29, 1.82) is 0 Å². The van der Waals surface area contributed by atoms with E-state index >= 15 is 0 Å². The predicted molar refractivity (Wildman–Crippen MR) is 105 cm³/mol. The Morgan fingerprint density at radius 1 is 1.00 bits per heavy atom. The van der Waals surface area contributed by atoms with Crippen molar-refractivity contribution in [2.75, 3.05) is 13.1 Å². The van der Waals surface area contributed by atoms with Crippen molar-refractivity contribution in [1.82, 2.24) is 9.88 Å². The first-order chi connectivity index (χ1) is 13.3. The fraction of sp³-hybridized carbons (Fsp3) is 0.522. The minimum atomic E-state index is -0.386. The Morgan fingerprint density at radius 3 is 2.63 bits per heavy atom. The van der Waals surface area contributed by atoms with Gasteiger partial charge >= 0.3 is 0 Å². The number of fused-ring (bicyclic) bond motifs is 2. The van der Waals surface area contributed by atoms with Crippen molar-refractivity contribution in [2.24, 2.45) is 0 Å². The van der Waals surface area contributed by atoms with E-state index in [0.29, 0.717) is 5.88 Å². The molecule has 3 aliphatic rings. The van der Waals surface area contributed by atoms with E-state index in [2.05, 4.69) is 34.1 Å². The van der Waals surface area contributed by atoms with Gasteiger partial charge in [-0.3, -0.25) is 4.90 Å². The van der Waals surface area contributed by atoms with Crippen molar-refractivity contribution in [3.05, 3.63) is 53.7 Å². The Morgan fingerprint density at radius 2 is 1.81 bits per heavy atom. The standard InChI is InChI=1S/C23H28N2O2/c1-2-4-16-25(15-3-1)17-18-9-11-19(12-10-18)23-13-5-8-21(23)26-20-7-6-14-24-22(20)27-23/h6-7,9-12,14,21H,1-5,8,13,15-17H2/t21?,23-/m0/s1. The SMILES string of the molecule is c1cnc2c(c1)OC1CCC[C@@]1(c1ccc(CN3CCCCCC3)cc1)O2. The van der Waals surface area contributed by atoms with E-state index in [1.807, 2.05) is 12.1 Å². The summed E-state index contributed by atoms with van der Waals surface area (Å²) in [6.07, 6.45) is 10.4. The lowest BCUT2D eigenvalue weighted by Gasteiger charge is -2.40. The second-order valence-electron chi connectivity index (χ2n) is 8.18. The molecule has 1 saturated heterocycles. The molecule has 0 bridgehead atoms. The largest absolute Gasteiger partial charge is 0.480 e. The molecule has 1 aromatic heterocycles. The van der Waals surface area contributed by atoms with Gasteiger partial charge in [0.05, 0.1) is 0 Å². The smallest absolute Gasteiger partial charge is 0.258 e. The van der Waals surface area contributed by atoms with Crippen LogP contribution in [0.15, 0.2) is 42.6 Å². The Hall–Kier alpha value is -2.07. The molecular weight excluding hydrogens is 336 g/mol. The van der Waals surface area contributed by atoms with Crippen LogP contribution >= 0.6 is 0 Å². The first kappa shape index (κ1) is 17.1. The highest BCUT2D eigenvalue weighted by molar-refractivity contribution is 5.40. The van der Waals surface area contributed by atoms with E-state index in [1.165, 1.54) is 49.9 Å². The van der Waals surface area contributed by atoms with Gasteiger partial charge in [-0.15, -0.1) is 0 Å². The molecule has 27 heavy (non-hydrogen) atoms. The molecule has 4 heteroatoms. The average Bonchev–Trinajstić information content (AvgIpc) is 2.95. The zero-order valence-corrected chi connectivity index (χ0v) is 15.9. The molecule has 0 radical (unpaired) electrons. The highest BCUT2D eigenvalue weighted by Crippen LogP contribution is 2.49. The highest BCUT2D eigenvalue weighted by atomic mass is 16.6. The molecule has 1 aliphatic carbocycles. The number of aromatic nitrogens is 1. The number of hydrogen-bond acceptors (Lipinski definition) is 4. The van der Waals surface area contributed by atoms with Crippen molar-refractivity contribution < 1.29 is 9.47 Å². The van der Waals surface area contributed by atoms with Gasteiger partial charge in [-0.05, 0) is 68.5 Å². The summed E-state index contributed by atoms with van der Waals surface area (Å²) in [5.74, 6) is 1.40. The molecule has 2 aliphatic heterocycles. The van der Waals surface area contributed by atoms with E-state index in [4.69, 9.17) is 9.47 Å². The number of pyridine rings is 1. The number of ether oxygens (including phenoxy) is 2. The summed E-state index contributed by atoms with van der Waals surface area (Å²) < 4.78 is 12.8. The van der Waals surface area contributed by atoms with Crippen molar-refractivity contribution in [3.8, 4) is 11.6 Å². The first-order valence-electron chi connectivity index (χ1n) is 10.5. The summed E-state index contributed by atoms with van der Waals surface area (Å²) in [6.45, 7) is 3.51. The molecule has 0 N–H and O–H groups in total. The van der Waals surface area contributed by atoms with Gasteiger partial charge in [0.1, 0.15) is 6.10 Å². The van der Waals surface area contributed by atoms with Crippen LogP contribution in [0.4, 0.5) is 0 Å². The summed E-state index contributed by atoms with van der Waals surface area (Å²) in [4.78, 5) is 7.00. The maximum Gasteiger partial charge on any atom is 0.258 e. The topological polar surface area (TPSA) is 34.6 Å². The molecule has 1 aromatic carbocycles. The fourth-order valence-corrected chi connectivity index (χ4v) is 4.92. The van der Waals surface area contributed by atoms with E-state index in [0.717, 1.165) is 31.6 Å². The van der Waals surface area contributed by atoms with Gasteiger partial charge in [-0.25, -0.2) is 4.98 Å². The molecule has 0 amide bonds. The van der Waals surface area contributed by atoms with Crippen LogP contribution in [0.1, 0.15) is 56.1 Å². The minimum Gasteiger partial charge on any atom is -0.480 e. The monoisotopic (exact) mass is 364 g/mol. The van der Waals surface area contributed by atoms with E-state index in [9.17, 15) is 0 Å². The van der Waals surface area contributed by atoms with Gasteiger partial charge in [0.2, 0.25) is 0 Å². The fourth-order valence-electron chi connectivity index (χ4n) is 4.92. The Bertz CT molecular complexity index is 783. The quantitative estimate of drug-likeness (QED) is 0.792. The summed E-state index contributed by atoms with van der Waals surface area (Å²) in [6, 6.07) is 12.9. The molecule has 3 heterocycles. The molecule has 2 fully saturated rings. The van der Waals surface area contributed by atoms with Gasteiger partial charge < -0.3 is 9.47 Å². The van der Waals surface area contributed by atoms with Gasteiger partial charge in [-0.1, -0.05) is 37.1 Å². The number of rotatable bonds is 3. The van der Waals surface area contributed by atoms with E-state index in [-0.39, 0.29) is 11.7 Å². The van der Waals surface area contributed by atoms with Gasteiger partial charge in [0, 0.05) is 12.7 Å². The molecule has 5 rings (SSSR count). The molecule has 1 unspecified atom stereocenters. The number of hydrogen-bond donors (Lipinski definition) is 0. The molecule has 4 nitrogen and oxygen atoms in total. The molecular formula is C23H28N2O2. The number of likely N-dealkylation sites (tertiary alicyclic amines) is 1. The van der Waals surface area contributed by atoms with Crippen LogP contribution in [-0.2, 0) is 12.1 Å². The van der Waals surface area contributed by atoms with Crippen LogP contribution < -0.4 is 9.47 Å². The number of benzene rings is 1. The van der Waals surface area contributed by atoms with Crippen LogP contribution in [0.25, 0.3) is 0 Å². The Labute approximate surface area is 161 Å². The minimum absolute atomic E-state index is 0.0747. The zero-order valence-electron chi connectivity index (χ0n) is 15.9. The van der Waals surface area contributed by atoms with E-state index in [1.54, 1.807) is 6.20 Å². The predicted octanol–water partition coefficient (Wildman–Crippen LogP) is 4.68. The van der Waals surface area contributed by atoms with Crippen molar-refractivity contribution >= 4 is 0 Å². The number of nitrogens with zero attached hydrogens (tertiary/aromatic N) is 2. The van der Waals surface area contributed by atoms with Crippen molar-refractivity contribution in [2.45, 2.75) is 63.2 Å². The molecule has 2 atom stereocenters. The van der Waals surface area contributed by atoms with Gasteiger partial charge in [0.25, 0.3) is 5.88 Å². The maximum atomic E-state index is 6.49. The summed E-state index contributed by atoms with van der Waals surface area (Å²) in [7, 11) is 0. The lowest BCUT2D eigenvalue weighted by atomic mass is 9.88. The van der Waals surface area contributed by atoms with Crippen molar-refractivity contribution in [3.63, 3.8) is 0 Å². The maximum absolute atomic E-state index is 6.49. The average molecular weight is 364 g/mol. The Balaban J connectivity index is 1.37. The van der Waals surface area contributed by atoms with Crippen LogP contribution in [-0.4, -0.2) is 29.1 Å². The second-order valence-corrected chi connectivity index (χ2v) is 8.18.